The van der Waals surface area contributed by atoms with Gasteiger partial charge in [0, 0.05) is 11.3 Å². The Labute approximate surface area is 101 Å². The fraction of sp³-hybridized carbons (Fsp3) is 0.917. The number of amides is 1. The lowest BCUT2D eigenvalue weighted by Gasteiger charge is -2.44. The van der Waals surface area contributed by atoms with Crippen molar-refractivity contribution in [3.05, 3.63) is 0 Å². The highest BCUT2D eigenvalue weighted by molar-refractivity contribution is 8.29. The molecule has 0 radical (unpaired) electrons. The van der Waals surface area contributed by atoms with Gasteiger partial charge in [-0.3, -0.25) is 4.79 Å². The van der Waals surface area contributed by atoms with Crippen LogP contribution in [-0.4, -0.2) is 36.3 Å². The summed E-state index contributed by atoms with van der Waals surface area (Å²) in [6, 6.07) is 0. The maximum Gasteiger partial charge on any atom is 0.225 e. The van der Waals surface area contributed by atoms with Gasteiger partial charge in [-0.2, -0.15) is 0 Å². The second-order valence-electron chi connectivity index (χ2n) is 5.76. The minimum Gasteiger partial charge on any atom is -0.356 e. The average Bonchev–Trinajstić information content (AvgIpc) is 2.15. The van der Waals surface area contributed by atoms with Crippen LogP contribution in [0, 0.1) is 5.92 Å². The van der Waals surface area contributed by atoms with Gasteiger partial charge in [-0.25, -0.2) is 0 Å². The van der Waals surface area contributed by atoms with Gasteiger partial charge in [-0.15, -0.1) is 10.3 Å². The highest BCUT2D eigenvalue weighted by Gasteiger charge is 2.31. The summed E-state index contributed by atoms with van der Waals surface area (Å²) in [6.07, 6.45) is 6.39. The van der Waals surface area contributed by atoms with Crippen molar-refractivity contribution in [2.75, 3.05) is 25.7 Å². The molecule has 1 N–H and O–H groups in total. The third kappa shape index (κ3) is 3.39. The molecule has 1 aliphatic rings. The lowest BCUT2D eigenvalue weighted by molar-refractivity contribution is -0.127. The van der Waals surface area contributed by atoms with Crippen LogP contribution in [0.3, 0.4) is 0 Å². The predicted molar refractivity (Wildman–Crippen MR) is 70.9 cm³/mol. The molecule has 1 atom stereocenters. The van der Waals surface area contributed by atoms with E-state index >= 15 is 0 Å². The van der Waals surface area contributed by atoms with Gasteiger partial charge in [-0.1, -0.05) is 20.8 Å². The Morgan fingerprint density at radius 1 is 1.44 bits per heavy atom. The van der Waals surface area contributed by atoms with Crippen LogP contribution in [0.25, 0.3) is 0 Å². The molecule has 4 heteroatoms. The van der Waals surface area contributed by atoms with Crippen molar-refractivity contribution in [3.63, 3.8) is 0 Å². The Kier molecular flexibility index (Phi) is 4.29. The zero-order valence-corrected chi connectivity index (χ0v) is 11.9. The fourth-order valence-electron chi connectivity index (χ4n) is 1.42. The average molecular weight is 247 g/mol. The normalized spacial score (nSPS) is 24.1. The molecule has 96 valence electrons. The Hall–Kier alpha value is -0.220. The van der Waals surface area contributed by atoms with Gasteiger partial charge < -0.3 is 9.50 Å². The molecule has 0 aromatic carbocycles. The largest absolute Gasteiger partial charge is 0.356 e. The van der Waals surface area contributed by atoms with E-state index in [2.05, 4.69) is 38.6 Å². The van der Waals surface area contributed by atoms with Crippen molar-refractivity contribution in [3.8, 4) is 0 Å². The van der Waals surface area contributed by atoms with Crippen LogP contribution >= 0.6 is 10.3 Å². The van der Waals surface area contributed by atoms with E-state index in [0.717, 1.165) is 19.4 Å². The van der Waals surface area contributed by atoms with E-state index in [9.17, 15) is 4.79 Å². The summed E-state index contributed by atoms with van der Waals surface area (Å²) in [5.41, 5.74) is 0. The molecule has 1 saturated heterocycles. The Balaban J connectivity index is 2.47. The smallest absolute Gasteiger partial charge is 0.225 e. The van der Waals surface area contributed by atoms with Gasteiger partial charge in [0.25, 0.3) is 0 Å². The number of hydrogen-bond donors (Lipinski definition) is 1. The van der Waals surface area contributed by atoms with Gasteiger partial charge in [0.15, 0.2) is 0 Å². The summed E-state index contributed by atoms with van der Waals surface area (Å²) in [4.78, 5) is 11.6. The van der Waals surface area contributed by atoms with Crippen molar-refractivity contribution in [2.24, 2.45) is 5.92 Å². The van der Waals surface area contributed by atoms with Crippen LogP contribution < -0.4 is 5.32 Å². The van der Waals surface area contributed by atoms with Crippen molar-refractivity contribution >= 4 is 16.2 Å². The van der Waals surface area contributed by atoms with Crippen LogP contribution in [0.15, 0.2) is 0 Å². The van der Waals surface area contributed by atoms with E-state index < -0.39 is 10.3 Å². The van der Waals surface area contributed by atoms with Gasteiger partial charge in [0.05, 0.1) is 12.5 Å². The number of piperidine rings is 1. The maximum absolute atomic E-state index is 11.6. The standard InChI is InChI=1S/C12H25NO2S/c1-12(2,3)16(4,5)15-9-10-7-6-8-13-11(10)14/h10H,6-9H2,1-5H3,(H,13,14). The monoisotopic (exact) mass is 247 g/mol. The Bertz CT molecular complexity index is 258. The summed E-state index contributed by atoms with van der Waals surface area (Å²) < 4.78 is 6.19. The lowest BCUT2D eigenvalue weighted by atomic mass is 10.0. The number of hydrogen-bond acceptors (Lipinski definition) is 2. The molecule has 1 amide bonds. The highest BCUT2D eigenvalue weighted by atomic mass is 32.3. The van der Waals surface area contributed by atoms with E-state index in [1.165, 1.54) is 0 Å². The zero-order chi connectivity index (χ0) is 12.4. The highest BCUT2D eigenvalue weighted by Crippen LogP contribution is 2.53. The molecule has 0 aliphatic carbocycles. The number of carbonyl (C=O) groups excluding carboxylic acids is 1. The van der Waals surface area contributed by atoms with Crippen molar-refractivity contribution < 1.29 is 8.98 Å². The second-order valence-corrected chi connectivity index (χ2v) is 9.69. The molecule has 0 saturated carbocycles. The van der Waals surface area contributed by atoms with Crippen LogP contribution in [0.4, 0.5) is 0 Å². The van der Waals surface area contributed by atoms with Crippen molar-refractivity contribution in [1.29, 1.82) is 0 Å². The first-order chi connectivity index (χ1) is 7.24. The first-order valence-electron chi connectivity index (χ1n) is 5.89. The summed E-state index contributed by atoms with van der Waals surface area (Å²) >= 11 is 0. The first-order valence-corrected chi connectivity index (χ1v) is 8.26. The molecule has 1 aliphatic heterocycles. The van der Waals surface area contributed by atoms with Crippen LogP contribution in [0.2, 0.25) is 0 Å². The summed E-state index contributed by atoms with van der Waals surface area (Å²) in [5, 5.41) is 2.90. The SMILES string of the molecule is CC(C)(C)S(C)(C)OCC1CCCNC1=O. The molecular formula is C12H25NO2S. The van der Waals surface area contributed by atoms with Crippen LogP contribution in [0.1, 0.15) is 33.6 Å². The Morgan fingerprint density at radius 2 is 2.06 bits per heavy atom. The molecule has 0 aromatic heterocycles. The topological polar surface area (TPSA) is 38.3 Å². The summed E-state index contributed by atoms with van der Waals surface area (Å²) in [5.74, 6) is 0.221. The van der Waals surface area contributed by atoms with Gasteiger partial charge in [0.2, 0.25) is 5.91 Å². The third-order valence-electron chi connectivity index (χ3n) is 3.44. The fourth-order valence-corrected chi connectivity index (χ4v) is 2.28. The molecule has 3 nitrogen and oxygen atoms in total. The molecule has 0 aromatic rings. The first kappa shape index (κ1) is 13.8. The Morgan fingerprint density at radius 3 is 2.56 bits per heavy atom. The number of nitrogens with one attached hydrogen (secondary N) is 1. The predicted octanol–water partition coefficient (Wildman–Crippen LogP) is 2.31. The van der Waals surface area contributed by atoms with Crippen molar-refractivity contribution in [2.45, 2.75) is 38.4 Å². The molecule has 1 rings (SSSR count). The molecule has 0 bridgehead atoms. The minimum absolute atomic E-state index is 0.0582. The minimum atomic E-state index is -1.10. The maximum atomic E-state index is 11.6. The quantitative estimate of drug-likeness (QED) is 0.831. The second kappa shape index (κ2) is 4.96. The number of rotatable bonds is 3. The van der Waals surface area contributed by atoms with Crippen LogP contribution in [-0.2, 0) is 8.98 Å². The van der Waals surface area contributed by atoms with E-state index in [4.69, 9.17) is 4.18 Å². The number of carbonyl (C=O) groups is 1. The molecule has 1 heterocycles. The van der Waals surface area contributed by atoms with Crippen molar-refractivity contribution in [1.82, 2.24) is 5.32 Å². The lowest BCUT2D eigenvalue weighted by Crippen LogP contribution is -2.39. The van der Waals surface area contributed by atoms with E-state index in [0.29, 0.717) is 6.61 Å². The van der Waals surface area contributed by atoms with Gasteiger partial charge in [0.1, 0.15) is 0 Å². The van der Waals surface area contributed by atoms with E-state index in [-0.39, 0.29) is 16.6 Å². The molecule has 0 spiro atoms. The molecular weight excluding hydrogens is 222 g/mol. The van der Waals surface area contributed by atoms with E-state index in [1.807, 2.05) is 0 Å². The summed E-state index contributed by atoms with van der Waals surface area (Å²) in [6.45, 7) is 7.99. The molecule has 1 fully saturated rings. The molecule has 16 heavy (non-hydrogen) atoms. The van der Waals surface area contributed by atoms with E-state index in [1.54, 1.807) is 0 Å². The van der Waals surface area contributed by atoms with Gasteiger partial charge in [-0.05, 0) is 25.4 Å². The summed E-state index contributed by atoms with van der Waals surface area (Å²) in [7, 11) is -1.10. The zero-order valence-electron chi connectivity index (χ0n) is 11.1. The molecule has 1 unspecified atom stereocenters. The van der Waals surface area contributed by atoms with Gasteiger partial charge >= 0.3 is 0 Å². The van der Waals surface area contributed by atoms with Crippen LogP contribution in [0.5, 0.6) is 0 Å². The third-order valence-corrected chi connectivity index (χ3v) is 7.11.